The van der Waals surface area contributed by atoms with Crippen LogP contribution in [0.2, 0.25) is 0 Å². The number of hydrogen-bond acceptors (Lipinski definition) is 3. The van der Waals surface area contributed by atoms with Gasteiger partial charge in [0.15, 0.2) is 0 Å². The fourth-order valence-corrected chi connectivity index (χ4v) is 2.95. The van der Waals surface area contributed by atoms with Crippen LogP contribution in [0.15, 0.2) is 36.9 Å². The number of rotatable bonds is 6. The average molecular weight is 287 g/mol. The van der Waals surface area contributed by atoms with Crippen LogP contribution in [0.25, 0.3) is 0 Å². The Hall–Kier alpha value is -1.61. The Bertz CT molecular complexity index is 459. The third-order valence-corrected chi connectivity index (χ3v) is 4.15. The lowest BCUT2D eigenvalue weighted by molar-refractivity contribution is -0.128. The Kier molecular flexibility index (Phi) is 6.00. The van der Waals surface area contributed by atoms with Crippen molar-refractivity contribution in [2.45, 2.75) is 51.0 Å². The topological polar surface area (TPSA) is 38.3 Å². The van der Waals surface area contributed by atoms with E-state index in [-0.39, 0.29) is 0 Å². The molecule has 114 valence electrons. The van der Waals surface area contributed by atoms with E-state index in [1.807, 2.05) is 12.1 Å². The van der Waals surface area contributed by atoms with Crippen molar-refractivity contribution in [1.82, 2.24) is 5.32 Å². The van der Waals surface area contributed by atoms with Gasteiger partial charge >= 0.3 is 5.97 Å². The van der Waals surface area contributed by atoms with Gasteiger partial charge < -0.3 is 10.1 Å². The minimum atomic E-state index is -0.412. The molecule has 1 saturated carbocycles. The predicted molar refractivity (Wildman–Crippen MR) is 85.6 cm³/mol. The SMILES string of the molecule is C=CC(=O)Oc1ccc(C2CCC(NCCC)CC2)cc1. The van der Waals surface area contributed by atoms with Crippen LogP contribution in [0.5, 0.6) is 5.75 Å². The van der Waals surface area contributed by atoms with E-state index in [0.717, 1.165) is 6.54 Å². The van der Waals surface area contributed by atoms with Crippen LogP contribution >= 0.6 is 0 Å². The van der Waals surface area contributed by atoms with Crippen molar-refractivity contribution in [2.75, 3.05) is 6.54 Å². The summed E-state index contributed by atoms with van der Waals surface area (Å²) >= 11 is 0. The molecule has 0 radical (unpaired) electrons. The van der Waals surface area contributed by atoms with Crippen LogP contribution in [0.1, 0.15) is 50.5 Å². The zero-order valence-electron chi connectivity index (χ0n) is 12.8. The molecule has 1 aromatic carbocycles. The fourth-order valence-electron chi connectivity index (χ4n) is 2.95. The number of benzene rings is 1. The van der Waals surface area contributed by atoms with Crippen molar-refractivity contribution in [3.63, 3.8) is 0 Å². The molecule has 1 aromatic rings. The highest BCUT2D eigenvalue weighted by Crippen LogP contribution is 2.33. The molecular weight excluding hydrogens is 262 g/mol. The largest absolute Gasteiger partial charge is 0.423 e. The second kappa shape index (κ2) is 7.99. The molecule has 0 heterocycles. The van der Waals surface area contributed by atoms with Crippen molar-refractivity contribution in [2.24, 2.45) is 0 Å². The molecule has 0 spiro atoms. The molecule has 0 amide bonds. The molecule has 0 saturated heterocycles. The summed E-state index contributed by atoms with van der Waals surface area (Å²) in [5, 5.41) is 3.61. The molecule has 2 rings (SSSR count). The Balaban J connectivity index is 1.86. The van der Waals surface area contributed by atoms with Crippen molar-refractivity contribution < 1.29 is 9.53 Å². The van der Waals surface area contributed by atoms with Gasteiger partial charge in [-0.3, -0.25) is 0 Å². The zero-order chi connectivity index (χ0) is 15.1. The molecule has 21 heavy (non-hydrogen) atoms. The molecule has 0 atom stereocenters. The maximum absolute atomic E-state index is 11.1. The number of ether oxygens (including phenoxy) is 1. The van der Waals surface area contributed by atoms with Gasteiger partial charge in [0.05, 0.1) is 0 Å². The molecule has 3 heteroatoms. The quantitative estimate of drug-likeness (QED) is 0.491. The minimum Gasteiger partial charge on any atom is -0.423 e. The Morgan fingerprint density at radius 1 is 1.29 bits per heavy atom. The Morgan fingerprint density at radius 2 is 1.95 bits per heavy atom. The third-order valence-electron chi connectivity index (χ3n) is 4.15. The van der Waals surface area contributed by atoms with Crippen molar-refractivity contribution in [3.8, 4) is 5.75 Å². The molecule has 3 nitrogen and oxygen atoms in total. The fraction of sp³-hybridized carbons (Fsp3) is 0.500. The Morgan fingerprint density at radius 3 is 2.52 bits per heavy atom. The molecule has 1 aliphatic rings. The molecule has 0 aliphatic heterocycles. The molecule has 0 bridgehead atoms. The normalized spacial score (nSPS) is 21.8. The van der Waals surface area contributed by atoms with Crippen molar-refractivity contribution >= 4 is 5.97 Å². The maximum atomic E-state index is 11.1. The van der Waals surface area contributed by atoms with Gasteiger partial charge in [-0.05, 0) is 62.3 Å². The molecule has 1 fully saturated rings. The minimum absolute atomic E-state index is 0.412. The number of nitrogens with one attached hydrogen (secondary N) is 1. The lowest BCUT2D eigenvalue weighted by Crippen LogP contribution is -2.33. The predicted octanol–water partition coefficient (Wildman–Crippen LogP) is 3.80. The molecule has 1 aliphatic carbocycles. The smallest absolute Gasteiger partial charge is 0.335 e. The van der Waals surface area contributed by atoms with E-state index in [0.29, 0.717) is 17.7 Å². The summed E-state index contributed by atoms with van der Waals surface area (Å²) in [6.45, 7) is 6.73. The first-order valence-corrected chi connectivity index (χ1v) is 7.90. The highest BCUT2D eigenvalue weighted by molar-refractivity contribution is 5.83. The number of hydrogen-bond donors (Lipinski definition) is 1. The van der Waals surface area contributed by atoms with Crippen LogP contribution < -0.4 is 10.1 Å². The first-order valence-electron chi connectivity index (χ1n) is 7.90. The summed E-state index contributed by atoms with van der Waals surface area (Å²) in [5.41, 5.74) is 1.35. The van der Waals surface area contributed by atoms with E-state index >= 15 is 0 Å². The average Bonchev–Trinajstić information content (AvgIpc) is 2.54. The highest BCUT2D eigenvalue weighted by atomic mass is 16.5. The molecule has 1 N–H and O–H groups in total. The van der Waals surface area contributed by atoms with Gasteiger partial charge in [-0.15, -0.1) is 0 Å². The van der Waals surface area contributed by atoms with E-state index in [2.05, 4.69) is 31.0 Å². The Labute approximate surface area is 127 Å². The second-order valence-corrected chi connectivity index (χ2v) is 5.70. The van der Waals surface area contributed by atoms with Gasteiger partial charge in [-0.25, -0.2) is 4.79 Å². The van der Waals surface area contributed by atoms with Crippen LogP contribution in [-0.4, -0.2) is 18.6 Å². The van der Waals surface area contributed by atoms with Crippen LogP contribution in [0, 0.1) is 0 Å². The monoisotopic (exact) mass is 287 g/mol. The van der Waals surface area contributed by atoms with Gasteiger partial charge in [0.25, 0.3) is 0 Å². The lowest BCUT2D eigenvalue weighted by Gasteiger charge is -2.29. The van der Waals surface area contributed by atoms with E-state index in [1.165, 1.54) is 43.7 Å². The summed E-state index contributed by atoms with van der Waals surface area (Å²) in [7, 11) is 0. The number of carbonyl (C=O) groups is 1. The van der Waals surface area contributed by atoms with E-state index < -0.39 is 5.97 Å². The number of esters is 1. The summed E-state index contributed by atoms with van der Waals surface area (Å²) < 4.78 is 5.10. The first kappa shape index (κ1) is 15.8. The lowest BCUT2D eigenvalue weighted by atomic mass is 9.82. The summed E-state index contributed by atoms with van der Waals surface area (Å²) in [6, 6.07) is 8.59. The van der Waals surface area contributed by atoms with E-state index in [4.69, 9.17) is 4.74 Å². The van der Waals surface area contributed by atoms with Gasteiger partial charge in [-0.2, -0.15) is 0 Å². The van der Waals surface area contributed by atoms with Crippen molar-refractivity contribution in [3.05, 3.63) is 42.5 Å². The van der Waals surface area contributed by atoms with Gasteiger partial charge in [-0.1, -0.05) is 25.6 Å². The molecule has 0 unspecified atom stereocenters. The summed E-state index contributed by atoms with van der Waals surface area (Å²) in [4.78, 5) is 11.1. The summed E-state index contributed by atoms with van der Waals surface area (Å²) in [6.07, 6.45) is 7.33. The van der Waals surface area contributed by atoms with Gasteiger partial charge in [0.1, 0.15) is 5.75 Å². The van der Waals surface area contributed by atoms with Crippen LogP contribution in [-0.2, 0) is 4.79 Å². The first-order chi connectivity index (χ1) is 10.2. The summed E-state index contributed by atoms with van der Waals surface area (Å²) in [5.74, 6) is 0.807. The van der Waals surface area contributed by atoms with Gasteiger partial charge in [0.2, 0.25) is 0 Å². The zero-order valence-corrected chi connectivity index (χ0v) is 12.8. The van der Waals surface area contributed by atoms with Gasteiger partial charge in [0, 0.05) is 12.1 Å². The van der Waals surface area contributed by atoms with Crippen LogP contribution in [0.4, 0.5) is 0 Å². The molecule has 0 aromatic heterocycles. The highest BCUT2D eigenvalue weighted by Gasteiger charge is 2.21. The maximum Gasteiger partial charge on any atom is 0.335 e. The van der Waals surface area contributed by atoms with Crippen molar-refractivity contribution in [1.29, 1.82) is 0 Å². The number of carbonyl (C=O) groups excluding carboxylic acids is 1. The van der Waals surface area contributed by atoms with Crippen LogP contribution in [0.3, 0.4) is 0 Å². The van der Waals surface area contributed by atoms with E-state index in [1.54, 1.807) is 0 Å². The van der Waals surface area contributed by atoms with E-state index in [9.17, 15) is 4.79 Å². The third kappa shape index (κ3) is 4.71. The molecular formula is C18H25NO2. The second-order valence-electron chi connectivity index (χ2n) is 5.70. The standard InChI is InChI=1S/C18H25NO2/c1-3-13-19-16-9-5-14(6-10-16)15-7-11-17(12-8-15)21-18(20)4-2/h4,7-8,11-12,14,16,19H,2-3,5-6,9-10,13H2,1H3.